The number of hydrogen-bond donors (Lipinski definition) is 12. The maximum atomic E-state index is 14.2. The minimum atomic E-state index is -1.90. The number of carbonyl (C=O) groups excluding carboxylic acids is 7. The Kier molecular flexibility index (Phi) is 22.5. The number of aliphatic hydroxyl groups is 6. The number of carbonyl (C=O) groups is 7. The Hall–Kier alpha value is -4.93. The minimum Gasteiger partial charge on any atom is -0.508 e. The van der Waals surface area contributed by atoms with Crippen molar-refractivity contribution in [2.75, 3.05) is 26.2 Å². The molecule has 3 aliphatic heterocycles. The van der Waals surface area contributed by atoms with Crippen LogP contribution in [0.25, 0.3) is 0 Å². The Labute approximate surface area is 404 Å². The van der Waals surface area contributed by atoms with Crippen LogP contribution in [0.1, 0.15) is 117 Å². The highest BCUT2D eigenvalue weighted by atomic mass is 16.3. The quantitative estimate of drug-likeness (QED) is 0.0754. The number of aromatic hydroxyl groups is 1. The van der Waals surface area contributed by atoms with E-state index in [4.69, 9.17) is 0 Å². The first-order valence-electron chi connectivity index (χ1n) is 24.6. The van der Waals surface area contributed by atoms with Crippen molar-refractivity contribution in [2.24, 2.45) is 11.8 Å². The lowest BCUT2D eigenvalue weighted by Gasteiger charge is -2.32. The lowest BCUT2D eigenvalue weighted by Crippen LogP contribution is -2.63. The molecule has 3 fully saturated rings. The summed E-state index contributed by atoms with van der Waals surface area (Å²) in [4.78, 5) is 99.4. The number of phenols is 1. The third kappa shape index (κ3) is 16.6. The lowest BCUT2D eigenvalue weighted by molar-refractivity contribution is -0.146. The van der Waals surface area contributed by atoms with Crippen molar-refractivity contribution in [1.82, 2.24) is 36.4 Å². The van der Waals surface area contributed by atoms with Gasteiger partial charge in [0.2, 0.25) is 41.4 Å². The summed E-state index contributed by atoms with van der Waals surface area (Å²) >= 11 is 0. The van der Waals surface area contributed by atoms with Crippen LogP contribution in [0.3, 0.4) is 0 Å². The highest BCUT2D eigenvalue weighted by Crippen LogP contribution is 2.26. The molecule has 0 spiro atoms. The zero-order chi connectivity index (χ0) is 50.9. The molecule has 1 aromatic carbocycles. The maximum Gasteiger partial charge on any atom is 0.248 e. The summed E-state index contributed by atoms with van der Waals surface area (Å²) in [6, 6.07) is -4.55. The molecule has 0 saturated carbocycles. The smallest absolute Gasteiger partial charge is 0.248 e. The molecule has 13 atom stereocenters. The van der Waals surface area contributed by atoms with Gasteiger partial charge in [-0.25, -0.2) is 0 Å². The van der Waals surface area contributed by atoms with Gasteiger partial charge in [0.15, 0.2) is 0 Å². The van der Waals surface area contributed by atoms with Crippen molar-refractivity contribution in [3.8, 4) is 5.75 Å². The Morgan fingerprint density at radius 3 is 2.00 bits per heavy atom. The molecular formula is C48H77N7O14. The standard InChI is InChI=1S/C48H77N7O14/c1-5-27(2)14-12-10-8-6-7-9-11-13-15-38(62)50-34-21-32(59)23-49-46(67)41-42(63)28(3)24-55(41)47(68)35(26-56)51-45(66)40(37(61)20-30-16-18-31(58)19-17-30)53-44(65)36-22-33(60)25-54(36)48(69)39(29(4)57)52-43(34)64/h16-19,27-29,32-37,39-42,56-61,63H,5-15,20-26H2,1-4H3,(H,49,67)(H,50,62)(H,51,66)(H,52,64)(H,53,65)/t27?,28-,29+,32+,33+,34-,35+,36-,37+,39-,40-,41?,42-/m0/s1. The van der Waals surface area contributed by atoms with Crippen LogP contribution < -0.4 is 26.6 Å². The van der Waals surface area contributed by atoms with E-state index in [2.05, 4.69) is 40.4 Å². The number of nitrogens with zero attached hydrogens (tertiary/aromatic N) is 2. The second kappa shape index (κ2) is 27.5. The summed E-state index contributed by atoms with van der Waals surface area (Å²) in [7, 11) is 0. The highest BCUT2D eigenvalue weighted by Gasteiger charge is 2.48. The molecule has 0 aliphatic carbocycles. The second-order valence-electron chi connectivity index (χ2n) is 19.3. The summed E-state index contributed by atoms with van der Waals surface area (Å²) in [5.41, 5.74) is 0.403. The summed E-state index contributed by atoms with van der Waals surface area (Å²) in [5.74, 6) is -6.79. The van der Waals surface area contributed by atoms with E-state index in [1.807, 2.05) is 0 Å². The van der Waals surface area contributed by atoms with Crippen LogP contribution in [0.15, 0.2) is 24.3 Å². The van der Waals surface area contributed by atoms with Crippen LogP contribution in [-0.4, -0.2) is 180 Å². The predicted octanol–water partition coefficient (Wildman–Crippen LogP) is -1.39. The molecule has 4 rings (SSSR count). The Balaban J connectivity index is 1.61. The van der Waals surface area contributed by atoms with E-state index in [0.29, 0.717) is 12.0 Å². The van der Waals surface area contributed by atoms with Gasteiger partial charge in [-0.05, 0) is 37.0 Å². The van der Waals surface area contributed by atoms with Gasteiger partial charge in [-0.1, -0.05) is 90.7 Å². The number of benzene rings is 1. The van der Waals surface area contributed by atoms with Crippen molar-refractivity contribution < 1.29 is 69.3 Å². The van der Waals surface area contributed by atoms with E-state index >= 15 is 0 Å². The van der Waals surface area contributed by atoms with E-state index < -0.39 is 140 Å². The third-order valence-electron chi connectivity index (χ3n) is 13.6. The van der Waals surface area contributed by atoms with Gasteiger partial charge in [-0.2, -0.15) is 0 Å². The predicted molar refractivity (Wildman–Crippen MR) is 250 cm³/mol. The molecule has 0 aromatic heterocycles. The molecule has 21 heteroatoms. The molecule has 3 heterocycles. The molecule has 69 heavy (non-hydrogen) atoms. The van der Waals surface area contributed by atoms with Crippen LogP contribution in [0, 0.1) is 11.8 Å². The number of rotatable bonds is 18. The number of unbranched alkanes of at least 4 members (excludes halogenated alkanes) is 7. The number of hydrogen-bond acceptors (Lipinski definition) is 14. The summed E-state index contributed by atoms with van der Waals surface area (Å²) in [6.45, 7) is 4.98. The van der Waals surface area contributed by atoms with Crippen LogP contribution in [-0.2, 0) is 40.0 Å². The molecule has 0 bridgehead atoms. The average Bonchev–Trinajstić information content (AvgIpc) is 3.85. The summed E-state index contributed by atoms with van der Waals surface area (Å²) in [5, 5.41) is 87.9. The van der Waals surface area contributed by atoms with Gasteiger partial charge in [0, 0.05) is 51.2 Å². The zero-order valence-corrected chi connectivity index (χ0v) is 40.4. The van der Waals surface area contributed by atoms with Gasteiger partial charge in [0.1, 0.15) is 42.0 Å². The molecular weight excluding hydrogens is 899 g/mol. The van der Waals surface area contributed by atoms with Gasteiger partial charge in [0.05, 0.1) is 37.1 Å². The lowest BCUT2D eigenvalue weighted by atomic mass is 9.99. The van der Waals surface area contributed by atoms with Crippen LogP contribution in [0.2, 0.25) is 0 Å². The van der Waals surface area contributed by atoms with E-state index in [0.717, 1.165) is 47.8 Å². The second-order valence-corrected chi connectivity index (χ2v) is 19.3. The fourth-order valence-corrected chi connectivity index (χ4v) is 9.12. The van der Waals surface area contributed by atoms with Crippen molar-refractivity contribution >= 4 is 41.4 Å². The Morgan fingerprint density at radius 2 is 1.38 bits per heavy atom. The van der Waals surface area contributed by atoms with Crippen LogP contribution in [0.5, 0.6) is 5.75 Å². The van der Waals surface area contributed by atoms with Crippen molar-refractivity contribution in [2.45, 2.75) is 184 Å². The first kappa shape index (κ1) is 56.7. The van der Waals surface area contributed by atoms with Crippen LogP contribution >= 0.6 is 0 Å². The summed E-state index contributed by atoms with van der Waals surface area (Å²) in [6.07, 6.45) is 1.42. The van der Waals surface area contributed by atoms with Gasteiger partial charge in [-0.3, -0.25) is 33.6 Å². The number of fused-ring (bicyclic) bond motifs is 2. The van der Waals surface area contributed by atoms with E-state index in [1.165, 1.54) is 56.9 Å². The summed E-state index contributed by atoms with van der Waals surface area (Å²) < 4.78 is 0. The number of nitrogens with one attached hydrogen (secondary N) is 5. The first-order chi connectivity index (χ1) is 32.7. The number of amides is 7. The maximum absolute atomic E-state index is 14.2. The molecule has 3 saturated heterocycles. The largest absolute Gasteiger partial charge is 0.508 e. The van der Waals surface area contributed by atoms with Gasteiger partial charge < -0.3 is 72.1 Å². The van der Waals surface area contributed by atoms with Crippen molar-refractivity contribution in [1.29, 1.82) is 0 Å². The van der Waals surface area contributed by atoms with E-state index in [9.17, 15) is 69.3 Å². The molecule has 21 nitrogen and oxygen atoms in total. The third-order valence-corrected chi connectivity index (χ3v) is 13.6. The molecule has 388 valence electrons. The fraction of sp³-hybridized carbons (Fsp3) is 0.729. The monoisotopic (exact) mass is 976 g/mol. The zero-order valence-electron chi connectivity index (χ0n) is 40.4. The van der Waals surface area contributed by atoms with Gasteiger partial charge >= 0.3 is 0 Å². The van der Waals surface area contributed by atoms with Gasteiger partial charge in [0.25, 0.3) is 0 Å². The molecule has 2 unspecified atom stereocenters. The Morgan fingerprint density at radius 1 is 0.754 bits per heavy atom. The van der Waals surface area contributed by atoms with Gasteiger partial charge in [-0.15, -0.1) is 0 Å². The highest BCUT2D eigenvalue weighted by molar-refractivity contribution is 5.98. The topological polar surface area (TPSA) is 328 Å². The molecule has 7 amide bonds. The number of phenolic OH excluding ortho intramolecular Hbond substituents is 1. The van der Waals surface area contributed by atoms with E-state index in [1.54, 1.807) is 6.92 Å². The molecule has 0 radical (unpaired) electrons. The first-order valence-corrected chi connectivity index (χ1v) is 24.6. The molecule has 12 N–H and O–H groups in total. The van der Waals surface area contributed by atoms with Crippen molar-refractivity contribution in [3.05, 3.63) is 29.8 Å². The average molecular weight is 976 g/mol. The fourth-order valence-electron chi connectivity index (χ4n) is 9.12. The molecule has 3 aliphatic rings. The van der Waals surface area contributed by atoms with E-state index in [-0.39, 0.29) is 31.6 Å². The number of aliphatic hydroxyl groups excluding tert-OH is 6. The SMILES string of the molecule is CCC(C)CCCCCCCCCCC(=O)N[C@H]1C[C@@H](O)CNC(=O)C2[C@@H](O)[C@@H](C)CN2C(=O)[C@@H](CO)NC(=O)[C@H]([C@H](O)Cc2ccc(O)cc2)NC(=O)[C@@H]2C[C@@H](O)CN2C(=O)[C@H]([C@@H](C)O)NC1=O. The molecule has 1 aromatic rings. The number of β-amino-alcohol motifs (C(OH)–C–C–N with tert-alkyl or cyclic N) is 1. The Bertz CT molecular complexity index is 1870. The van der Waals surface area contributed by atoms with Crippen molar-refractivity contribution in [3.63, 3.8) is 0 Å². The normalized spacial score (nSPS) is 29.1. The van der Waals surface area contributed by atoms with Crippen LogP contribution in [0.4, 0.5) is 0 Å². The minimum absolute atomic E-state index is 0.0329.